The highest BCUT2D eigenvalue weighted by Crippen LogP contribution is 2.21. The van der Waals surface area contributed by atoms with Gasteiger partial charge in [0.1, 0.15) is 6.04 Å². The molecular formula is C26H36ClN3O4S. The SMILES string of the molecule is CCCCNC(=O)[C@@H](C)N(Cc1ccccc1C)C(=O)CCCN(c1ccc(Cl)cc1)S(C)(=O)=O. The van der Waals surface area contributed by atoms with Crippen molar-refractivity contribution in [2.75, 3.05) is 23.7 Å². The zero-order valence-corrected chi connectivity index (χ0v) is 22.5. The van der Waals surface area contributed by atoms with Crippen molar-refractivity contribution in [2.24, 2.45) is 0 Å². The first-order chi connectivity index (χ1) is 16.5. The molecule has 0 spiro atoms. The highest BCUT2D eigenvalue weighted by molar-refractivity contribution is 7.92. The minimum Gasteiger partial charge on any atom is -0.354 e. The van der Waals surface area contributed by atoms with Gasteiger partial charge in [0.2, 0.25) is 21.8 Å². The number of rotatable bonds is 13. The Morgan fingerprint density at radius 3 is 2.31 bits per heavy atom. The quantitative estimate of drug-likeness (QED) is 0.392. The van der Waals surface area contributed by atoms with Gasteiger partial charge in [0, 0.05) is 31.1 Å². The van der Waals surface area contributed by atoms with E-state index in [1.54, 1.807) is 36.1 Å². The van der Waals surface area contributed by atoms with Gasteiger partial charge in [-0.15, -0.1) is 0 Å². The third-order valence-electron chi connectivity index (χ3n) is 5.87. The van der Waals surface area contributed by atoms with Crippen LogP contribution in [0.25, 0.3) is 0 Å². The van der Waals surface area contributed by atoms with Gasteiger partial charge in [-0.25, -0.2) is 8.42 Å². The van der Waals surface area contributed by atoms with Gasteiger partial charge >= 0.3 is 0 Å². The van der Waals surface area contributed by atoms with Crippen LogP contribution in [-0.4, -0.2) is 50.5 Å². The summed E-state index contributed by atoms with van der Waals surface area (Å²) in [6.07, 6.45) is 3.39. The summed E-state index contributed by atoms with van der Waals surface area (Å²) in [7, 11) is -3.54. The molecule has 2 rings (SSSR count). The summed E-state index contributed by atoms with van der Waals surface area (Å²) >= 11 is 5.93. The third-order valence-corrected chi connectivity index (χ3v) is 7.31. The Hall–Kier alpha value is -2.58. The Morgan fingerprint density at radius 1 is 1.06 bits per heavy atom. The maximum Gasteiger partial charge on any atom is 0.242 e. The number of nitrogens with zero attached hydrogens (tertiary/aromatic N) is 2. The smallest absolute Gasteiger partial charge is 0.242 e. The number of sulfonamides is 1. The molecule has 0 aliphatic carbocycles. The number of nitrogens with one attached hydrogen (secondary N) is 1. The predicted octanol–water partition coefficient (Wildman–Crippen LogP) is 4.53. The Morgan fingerprint density at radius 2 is 1.71 bits per heavy atom. The molecule has 35 heavy (non-hydrogen) atoms. The lowest BCUT2D eigenvalue weighted by atomic mass is 10.1. The molecule has 1 N–H and O–H groups in total. The molecule has 0 heterocycles. The van der Waals surface area contributed by atoms with Gasteiger partial charge in [-0.2, -0.15) is 0 Å². The Labute approximate surface area is 214 Å². The molecular weight excluding hydrogens is 486 g/mol. The summed E-state index contributed by atoms with van der Waals surface area (Å²) in [4.78, 5) is 27.6. The van der Waals surface area contributed by atoms with E-state index in [4.69, 9.17) is 11.6 Å². The summed E-state index contributed by atoms with van der Waals surface area (Å²) in [6.45, 7) is 6.76. The van der Waals surface area contributed by atoms with E-state index in [0.717, 1.165) is 30.2 Å². The summed E-state index contributed by atoms with van der Waals surface area (Å²) in [5.41, 5.74) is 2.49. The number of halogens is 1. The number of benzene rings is 2. The lowest BCUT2D eigenvalue weighted by Gasteiger charge is -2.30. The average Bonchev–Trinajstić information content (AvgIpc) is 2.81. The Kier molecular flexibility index (Phi) is 11.0. The van der Waals surface area contributed by atoms with E-state index in [-0.39, 0.29) is 24.8 Å². The van der Waals surface area contributed by atoms with Crippen molar-refractivity contribution < 1.29 is 18.0 Å². The molecule has 2 amide bonds. The van der Waals surface area contributed by atoms with Gasteiger partial charge < -0.3 is 10.2 Å². The van der Waals surface area contributed by atoms with E-state index in [2.05, 4.69) is 5.32 Å². The van der Waals surface area contributed by atoms with E-state index in [1.165, 1.54) is 4.31 Å². The maximum absolute atomic E-state index is 13.3. The largest absolute Gasteiger partial charge is 0.354 e. The van der Waals surface area contributed by atoms with Crippen LogP contribution >= 0.6 is 11.6 Å². The summed E-state index contributed by atoms with van der Waals surface area (Å²) in [5, 5.41) is 3.42. The van der Waals surface area contributed by atoms with Crippen molar-refractivity contribution in [1.82, 2.24) is 10.2 Å². The monoisotopic (exact) mass is 521 g/mol. The minimum atomic E-state index is -3.54. The fourth-order valence-electron chi connectivity index (χ4n) is 3.70. The molecule has 0 radical (unpaired) electrons. The molecule has 0 aliphatic rings. The van der Waals surface area contributed by atoms with E-state index < -0.39 is 16.1 Å². The molecule has 0 fully saturated rings. The van der Waals surface area contributed by atoms with E-state index in [9.17, 15) is 18.0 Å². The normalized spacial score (nSPS) is 12.1. The minimum absolute atomic E-state index is 0.109. The fourth-order valence-corrected chi connectivity index (χ4v) is 4.79. The molecule has 0 saturated heterocycles. The molecule has 0 saturated carbocycles. The van der Waals surface area contributed by atoms with Crippen LogP contribution in [0.3, 0.4) is 0 Å². The number of carbonyl (C=O) groups is 2. The first kappa shape index (κ1) is 28.7. The predicted molar refractivity (Wildman–Crippen MR) is 142 cm³/mol. The Bertz CT molecular complexity index is 1090. The van der Waals surface area contributed by atoms with Gasteiger partial charge in [-0.3, -0.25) is 13.9 Å². The van der Waals surface area contributed by atoms with Gasteiger partial charge in [0.15, 0.2) is 0 Å². The topological polar surface area (TPSA) is 86.8 Å². The molecule has 1 atom stereocenters. The van der Waals surface area contributed by atoms with Crippen molar-refractivity contribution in [3.63, 3.8) is 0 Å². The first-order valence-electron chi connectivity index (χ1n) is 11.9. The molecule has 9 heteroatoms. The van der Waals surface area contributed by atoms with Crippen molar-refractivity contribution in [1.29, 1.82) is 0 Å². The molecule has 2 aromatic carbocycles. The fraction of sp³-hybridized carbons (Fsp3) is 0.462. The van der Waals surface area contributed by atoms with Crippen LogP contribution in [0.5, 0.6) is 0 Å². The summed E-state index contributed by atoms with van der Waals surface area (Å²) < 4.78 is 26.0. The second-order valence-corrected chi connectivity index (χ2v) is 11.0. The highest BCUT2D eigenvalue weighted by atomic mass is 35.5. The molecule has 7 nitrogen and oxygen atoms in total. The van der Waals surface area contributed by atoms with Crippen molar-refractivity contribution >= 4 is 39.1 Å². The van der Waals surface area contributed by atoms with Crippen LogP contribution in [0, 0.1) is 6.92 Å². The van der Waals surface area contributed by atoms with Crippen molar-refractivity contribution in [3.05, 3.63) is 64.7 Å². The summed E-state index contributed by atoms with van der Waals surface area (Å²) in [5.74, 6) is -0.393. The number of anilines is 1. The average molecular weight is 522 g/mol. The molecule has 0 unspecified atom stereocenters. The molecule has 0 aromatic heterocycles. The van der Waals surface area contributed by atoms with Gasteiger partial charge in [0.05, 0.1) is 11.9 Å². The summed E-state index contributed by atoms with van der Waals surface area (Å²) in [6, 6.07) is 13.6. The van der Waals surface area contributed by atoms with E-state index in [0.29, 0.717) is 30.2 Å². The lowest BCUT2D eigenvalue weighted by molar-refractivity contribution is -0.140. The zero-order chi connectivity index (χ0) is 26.0. The third kappa shape index (κ3) is 8.85. The van der Waals surface area contributed by atoms with E-state index in [1.807, 2.05) is 38.1 Å². The van der Waals surface area contributed by atoms with Crippen LogP contribution in [0.15, 0.2) is 48.5 Å². The van der Waals surface area contributed by atoms with Crippen LogP contribution in [-0.2, 0) is 26.2 Å². The second kappa shape index (κ2) is 13.5. The zero-order valence-electron chi connectivity index (χ0n) is 21.0. The molecule has 192 valence electrons. The van der Waals surface area contributed by atoms with E-state index >= 15 is 0 Å². The van der Waals surface area contributed by atoms with Crippen LogP contribution < -0.4 is 9.62 Å². The number of carbonyl (C=O) groups excluding carboxylic acids is 2. The Balaban J connectivity index is 2.14. The van der Waals surface area contributed by atoms with Crippen LogP contribution in [0.4, 0.5) is 5.69 Å². The second-order valence-electron chi connectivity index (χ2n) is 8.68. The highest BCUT2D eigenvalue weighted by Gasteiger charge is 2.26. The van der Waals surface area contributed by atoms with Gasteiger partial charge in [-0.05, 0) is 62.1 Å². The van der Waals surface area contributed by atoms with Gasteiger partial charge in [0.25, 0.3) is 0 Å². The van der Waals surface area contributed by atoms with Crippen LogP contribution in [0.2, 0.25) is 5.02 Å². The maximum atomic E-state index is 13.3. The van der Waals surface area contributed by atoms with Crippen molar-refractivity contribution in [2.45, 2.75) is 59.0 Å². The molecule has 0 bridgehead atoms. The van der Waals surface area contributed by atoms with Gasteiger partial charge in [-0.1, -0.05) is 49.2 Å². The molecule has 0 aliphatic heterocycles. The number of amides is 2. The first-order valence-corrected chi connectivity index (χ1v) is 14.1. The number of hydrogen-bond acceptors (Lipinski definition) is 4. The molecule has 2 aromatic rings. The lowest BCUT2D eigenvalue weighted by Crippen LogP contribution is -2.48. The van der Waals surface area contributed by atoms with Crippen LogP contribution in [0.1, 0.15) is 50.7 Å². The number of aryl methyl sites for hydroxylation is 1. The number of hydrogen-bond donors (Lipinski definition) is 1. The standard InChI is InChI=1S/C26H36ClN3O4S/c1-5-6-17-28-26(32)21(3)29(19-22-11-8-7-10-20(22)2)25(31)12-9-18-30(35(4,33)34)24-15-13-23(27)14-16-24/h7-8,10-11,13-16,21H,5-6,9,12,17-19H2,1-4H3,(H,28,32)/t21-/m1/s1. The van der Waals surface area contributed by atoms with Crippen molar-refractivity contribution in [3.8, 4) is 0 Å². The number of unbranched alkanes of at least 4 members (excludes halogenated alkanes) is 1.